The van der Waals surface area contributed by atoms with E-state index in [4.69, 9.17) is 11.6 Å². The zero-order chi connectivity index (χ0) is 18.7. The van der Waals surface area contributed by atoms with Gasteiger partial charge in [0.25, 0.3) is 5.91 Å². The highest BCUT2D eigenvalue weighted by molar-refractivity contribution is 6.30. The minimum Gasteiger partial charge on any atom is -0.343 e. The average molecular weight is 373 g/mol. The molecule has 0 aliphatic heterocycles. The minimum absolute atomic E-state index is 0.0421. The highest BCUT2D eigenvalue weighted by atomic mass is 35.5. The van der Waals surface area contributed by atoms with E-state index in [2.05, 4.69) is 23.1 Å². The number of nitrogens with zero attached hydrogens (tertiary/aromatic N) is 3. The maximum Gasteiger partial charge on any atom is 0.274 e. The second-order valence-electron chi connectivity index (χ2n) is 6.89. The van der Waals surface area contributed by atoms with Crippen molar-refractivity contribution in [2.24, 2.45) is 0 Å². The van der Waals surface area contributed by atoms with E-state index in [0.717, 1.165) is 47.7 Å². The lowest BCUT2D eigenvalue weighted by Crippen LogP contribution is -2.35. The SMILES string of the molecule is C=CCn1nc(C(=O)N(C)C)c2c1CCC(NCc1cccc(Cl)c1)C2. The van der Waals surface area contributed by atoms with Crippen LogP contribution in [0.3, 0.4) is 0 Å². The zero-order valence-corrected chi connectivity index (χ0v) is 16.1. The summed E-state index contributed by atoms with van der Waals surface area (Å²) in [7, 11) is 3.53. The van der Waals surface area contributed by atoms with Crippen LogP contribution in [0, 0.1) is 0 Å². The van der Waals surface area contributed by atoms with Crippen molar-refractivity contribution in [1.82, 2.24) is 20.0 Å². The van der Waals surface area contributed by atoms with Gasteiger partial charge >= 0.3 is 0 Å². The molecular weight excluding hydrogens is 348 g/mol. The van der Waals surface area contributed by atoms with E-state index < -0.39 is 0 Å². The molecule has 1 atom stereocenters. The molecule has 0 fully saturated rings. The molecule has 1 aromatic carbocycles. The molecule has 5 nitrogen and oxygen atoms in total. The van der Waals surface area contributed by atoms with Crippen molar-refractivity contribution in [2.75, 3.05) is 14.1 Å². The minimum atomic E-state index is -0.0421. The zero-order valence-electron chi connectivity index (χ0n) is 15.3. The van der Waals surface area contributed by atoms with Gasteiger partial charge < -0.3 is 10.2 Å². The smallest absolute Gasteiger partial charge is 0.274 e. The van der Waals surface area contributed by atoms with Gasteiger partial charge in [-0.2, -0.15) is 5.10 Å². The molecule has 1 unspecified atom stereocenters. The molecule has 1 amide bonds. The number of carbonyl (C=O) groups is 1. The number of halogens is 1. The number of carbonyl (C=O) groups excluding carboxylic acids is 1. The van der Waals surface area contributed by atoms with Gasteiger partial charge in [-0.3, -0.25) is 9.48 Å². The summed E-state index contributed by atoms with van der Waals surface area (Å²) in [6.45, 7) is 5.19. The number of nitrogens with one attached hydrogen (secondary N) is 1. The quantitative estimate of drug-likeness (QED) is 0.793. The van der Waals surface area contributed by atoms with E-state index in [1.165, 1.54) is 0 Å². The highest BCUT2D eigenvalue weighted by Crippen LogP contribution is 2.26. The van der Waals surface area contributed by atoms with Crippen molar-refractivity contribution in [3.63, 3.8) is 0 Å². The van der Waals surface area contributed by atoms with Crippen LogP contribution in [0.25, 0.3) is 0 Å². The van der Waals surface area contributed by atoms with E-state index in [1.54, 1.807) is 19.0 Å². The summed E-state index contributed by atoms with van der Waals surface area (Å²) >= 11 is 6.06. The molecule has 1 N–H and O–H groups in total. The normalized spacial score (nSPS) is 16.2. The molecule has 138 valence electrons. The van der Waals surface area contributed by atoms with Crippen molar-refractivity contribution >= 4 is 17.5 Å². The fourth-order valence-electron chi connectivity index (χ4n) is 3.43. The summed E-state index contributed by atoms with van der Waals surface area (Å²) in [5, 5.41) is 8.93. The third-order valence-electron chi connectivity index (χ3n) is 4.74. The van der Waals surface area contributed by atoms with Crippen molar-refractivity contribution < 1.29 is 4.79 Å². The number of allylic oxidation sites excluding steroid dienone is 1. The number of rotatable bonds is 6. The van der Waals surface area contributed by atoms with E-state index in [9.17, 15) is 4.79 Å². The summed E-state index contributed by atoms with van der Waals surface area (Å²) < 4.78 is 1.92. The number of hydrogen-bond donors (Lipinski definition) is 1. The van der Waals surface area contributed by atoms with E-state index >= 15 is 0 Å². The lowest BCUT2D eigenvalue weighted by Gasteiger charge is -2.25. The Morgan fingerprint density at radius 2 is 2.31 bits per heavy atom. The summed E-state index contributed by atoms with van der Waals surface area (Å²) in [6, 6.07) is 8.20. The van der Waals surface area contributed by atoms with Crippen LogP contribution in [0.15, 0.2) is 36.9 Å². The molecule has 26 heavy (non-hydrogen) atoms. The Labute approximate surface area is 159 Å². The molecule has 0 spiro atoms. The van der Waals surface area contributed by atoms with Crippen molar-refractivity contribution in [1.29, 1.82) is 0 Å². The summed E-state index contributed by atoms with van der Waals surface area (Å²) in [6.07, 6.45) is 4.55. The van der Waals surface area contributed by atoms with Gasteiger partial charge in [0.15, 0.2) is 5.69 Å². The molecule has 1 aromatic heterocycles. The molecule has 0 radical (unpaired) electrons. The largest absolute Gasteiger partial charge is 0.343 e. The van der Waals surface area contributed by atoms with Gasteiger partial charge in [0.2, 0.25) is 0 Å². The Bertz CT molecular complexity index is 812. The Morgan fingerprint density at radius 1 is 1.50 bits per heavy atom. The fourth-order valence-corrected chi connectivity index (χ4v) is 3.64. The standard InChI is InChI=1S/C20H25ClN4O/c1-4-10-25-18-9-8-16(22-13-14-6-5-7-15(21)11-14)12-17(18)19(23-25)20(26)24(2)3/h4-7,11,16,22H,1,8-10,12-13H2,2-3H3. The summed E-state index contributed by atoms with van der Waals surface area (Å²) in [4.78, 5) is 14.1. The van der Waals surface area contributed by atoms with Crippen LogP contribution in [-0.2, 0) is 25.9 Å². The number of fused-ring (bicyclic) bond motifs is 1. The van der Waals surface area contributed by atoms with Crippen LogP contribution in [0.5, 0.6) is 0 Å². The molecule has 0 bridgehead atoms. The van der Waals surface area contributed by atoms with Gasteiger partial charge in [-0.15, -0.1) is 6.58 Å². The molecule has 1 aliphatic carbocycles. The first-order valence-electron chi connectivity index (χ1n) is 8.88. The van der Waals surface area contributed by atoms with Gasteiger partial charge in [0.05, 0.1) is 6.54 Å². The Balaban J connectivity index is 1.77. The third kappa shape index (κ3) is 4.00. The monoisotopic (exact) mass is 372 g/mol. The maximum absolute atomic E-state index is 12.5. The number of aromatic nitrogens is 2. The van der Waals surface area contributed by atoms with Gasteiger partial charge in [0.1, 0.15) is 0 Å². The van der Waals surface area contributed by atoms with Crippen LogP contribution < -0.4 is 5.32 Å². The Kier molecular flexibility index (Phi) is 5.79. The predicted molar refractivity (Wildman–Crippen MR) is 105 cm³/mol. The van der Waals surface area contributed by atoms with Crippen LogP contribution in [0.4, 0.5) is 0 Å². The topological polar surface area (TPSA) is 50.2 Å². The van der Waals surface area contributed by atoms with Crippen LogP contribution in [-0.4, -0.2) is 40.7 Å². The number of benzene rings is 1. The van der Waals surface area contributed by atoms with Crippen LogP contribution in [0.1, 0.15) is 33.7 Å². The van der Waals surface area contributed by atoms with Crippen LogP contribution in [0.2, 0.25) is 5.02 Å². The van der Waals surface area contributed by atoms with Crippen molar-refractivity contribution in [3.8, 4) is 0 Å². The number of amides is 1. The first-order chi connectivity index (χ1) is 12.5. The van der Waals surface area contributed by atoms with Crippen molar-refractivity contribution in [3.05, 3.63) is 64.5 Å². The highest BCUT2D eigenvalue weighted by Gasteiger charge is 2.29. The third-order valence-corrected chi connectivity index (χ3v) is 4.98. The molecule has 0 saturated heterocycles. The van der Waals surface area contributed by atoms with Gasteiger partial charge in [-0.05, 0) is 37.0 Å². The van der Waals surface area contributed by atoms with Crippen LogP contribution >= 0.6 is 11.6 Å². The average Bonchev–Trinajstić information content (AvgIpc) is 2.97. The van der Waals surface area contributed by atoms with E-state index in [1.807, 2.05) is 29.0 Å². The molecule has 3 rings (SSSR count). The number of hydrogen-bond acceptors (Lipinski definition) is 3. The van der Waals surface area contributed by atoms with Gasteiger partial charge in [0, 0.05) is 43.0 Å². The first-order valence-corrected chi connectivity index (χ1v) is 9.26. The molecule has 6 heteroatoms. The first kappa shape index (κ1) is 18.7. The van der Waals surface area contributed by atoms with E-state index in [-0.39, 0.29) is 5.91 Å². The lowest BCUT2D eigenvalue weighted by molar-refractivity contribution is 0.0820. The van der Waals surface area contributed by atoms with E-state index in [0.29, 0.717) is 18.3 Å². The second kappa shape index (κ2) is 8.06. The Morgan fingerprint density at radius 3 is 3.00 bits per heavy atom. The fraction of sp³-hybridized carbons (Fsp3) is 0.400. The Hall–Kier alpha value is -2.11. The van der Waals surface area contributed by atoms with Gasteiger partial charge in [-0.1, -0.05) is 29.8 Å². The lowest BCUT2D eigenvalue weighted by atomic mass is 9.91. The summed E-state index contributed by atoms with van der Waals surface area (Å²) in [5.41, 5.74) is 3.97. The second-order valence-corrected chi connectivity index (χ2v) is 7.33. The predicted octanol–water partition coefficient (Wildman–Crippen LogP) is 3.07. The summed E-state index contributed by atoms with van der Waals surface area (Å²) in [5.74, 6) is -0.0421. The molecular formula is C20H25ClN4O. The molecule has 1 aliphatic rings. The molecule has 2 aromatic rings. The molecule has 0 saturated carbocycles. The molecule has 1 heterocycles. The van der Waals surface area contributed by atoms with Gasteiger partial charge in [-0.25, -0.2) is 0 Å². The van der Waals surface area contributed by atoms with Crippen molar-refractivity contribution in [2.45, 2.75) is 38.4 Å². The maximum atomic E-state index is 12.5.